The lowest BCUT2D eigenvalue weighted by atomic mass is 10.0. The summed E-state index contributed by atoms with van der Waals surface area (Å²) < 4.78 is 6.83. The van der Waals surface area contributed by atoms with Crippen molar-refractivity contribution in [2.24, 2.45) is 0 Å². The van der Waals surface area contributed by atoms with E-state index in [4.69, 9.17) is 10.5 Å². The second kappa shape index (κ2) is 8.64. The highest BCUT2D eigenvalue weighted by atomic mass is 16.5. The molecule has 4 N–H and O–H groups in total. The van der Waals surface area contributed by atoms with E-state index in [1.807, 2.05) is 6.07 Å². The molecule has 4 rings (SSSR count). The van der Waals surface area contributed by atoms with Gasteiger partial charge in [0.15, 0.2) is 5.82 Å². The number of carbonyl (C=O) groups excluding carboxylic acids is 1. The van der Waals surface area contributed by atoms with E-state index in [2.05, 4.69) is 25.3 Å². The number of rotatable bonds is 6. The molecule has 0 aliphatic carbocycles. The first-order valence-electron chi connectivity index (χ1n) is 9.87. The lowest BCUT2D eigenvalue weighted by Gasteiger charge is -2.32. The van der Waals surface area contributed by atoms with Gasteiger partial charge in [-0.1, -0.05) is 0 Å². The molecule has 0 unspecified atom stereocenters. The number of amides is 1. The number of aliphatic hydroxyl groups is 1. The molecule has 30 heavy (non-hydrogen) atoms. The molecule has 4 heterocycles. The molecular weight excluding hydrogens is 386 g/mol. The number of hydrogen-bond acceptors (Lipinski definition) is 8. The van der Waals surface area contributed by atoms with Gasteiger partial charge in [-0.2, -0.15) is 5.10 Å². The Kier molecular flexibility index (Phi) is 5.77. The average molecular weight is 411 g/mol. The van der Waals surface area contributed by atoms with Gasteiger partial charge in [-0.05, 0) is 31.5 Å². The predicted octanol–water partition coefficient (Wildman–Crippen LogP) is 0.569. The van der Waals surface area contributed by atoms with Crippen LogP contribution in [0.1, 0.15) is 23.2 Å². The van der Waals surface area contributed by atoms with E-state index in [1.165, 1.54) is 6.33 Å². The zero-order chi connectivity index (χ0) is 21.1. The smallest absolute Gasteiger partial charge is 0.253 e. The standard InChI is InChI=1S/C20H25N7O3/c1-30-17-9-13(4-5-22-17)16-10-15(18-19(21)23-12-24-27(16)18)20(29)25-14-3-2-6-26(11-14)7-8-28/h4-5,9-10,12,14,28H,2-3,6-8,11H2,1H3,(H,25,29)(H2,21,23,24)/t14-/m1/s1. The van der Waals surface area contributed by atoms with Crippen LogP contribution in [0.25, 0.3) is 16.8 Å². The molecule has 1 aliphatic rings. The second-order valence-electron chi connectivity index (χ2n) is 7.27. The first kappa shape index (κ1) is 20.0. The highest BCUT2D eigenvalue weighted by molar-refractivity contribution is 6.05. The number of nitrogens with one attached hydrogen (secondary N) is 1. The number of methoxy groups -OCH3 is 1. The largest absolute Gasteiger partial charge is 0.481 e. The molecule has 1 saturated heterocycles. The van der Waals surface area contributed by atoms with Crippen molar-refractivity contribution in [2.45, 2.75) is 18.9 Å². The maximum atomic E-state index is 13.2. The third-order valence-corrected chi connectivity index (χ3v) is 5.32. The fourth-order valence-electron chi connectivity index (χ4n) is 3.91. The van der Waals surface area contributed by atoms with Crippen LogP contribution in [0.3, 0.4) is 0 Å². The summed E-state index contributed by atoms with van der Waals surface area (Å²) in [6.45, 7) is 2.35. The van der Waals surface area contributed by atoms with Gasteiger partial charge in [0.05, 0.1) is 25.0 Å². The monoisotopic (exact) mass is 411 g/mol. The molecule has 1 fully saturated rings. The lowest BCUT2D eigenvalue weighted by Crippen LogP contribution is -2.48. The van der Waals surface area contributed by atoms with Crippen LogP contribution in [0.15, 0.2) is 30.7 Å². The van der Waals surface area contributed by atoms with Crippen LogP contribution < -0.4 is 15.8 Å². The summed E-state index contributed by atoms with van der Waals surface area (Å²) in [7, 11) is 1.55. The normalized spacial score (nSPS) is 17.2. The maximum absolute atomic E-state index is 13.2. The molecule has 1 aliphatic heterocycles. The van der Waals surface area contributed by atoms with Gasteiger partial charge in [0, 0.05) is 37.0 Å². The number of pyridine rings is 1. The molecule has 1 atom stereocenters. The summed E-state index contributed by atoms with van der Waals surface area (Å²) in [6, 6.07) is 5.36. The van der Waals surface area contributed by atoms with Crippen molar-refractivity contribution in [2.75, 3.05) is 39.1 Å². The summed E-state index contributed by atoms with van der Waals surface area (Å²) in [5.74, 6) is 0.465. The van der Waals surface area contributed by atoms with E-state index >= 15 is 0 Å². The van der Waals surface area contributed by atoms with E-state index in [-0.39, 0.29) is 24.4 Å². The highest BCUT2D eigenvalue weighted by Gasteiger charge is 2.25. The highest BCUT2D eigenvalue weighted by Crippen LogP contribution is 2.29. The van der Waals surface area contributed by atoms with Crippen LogP contribution in [0.2, 0.25) is 0 Å². The third-order valence-electron chi connectivity index (χ3n) is 5.32. The van der Waals surface area contributed by atoms with Crippen LogP contribution in [-0.2, 0) is 0 Å². The first-order valence-corrected chi connectivity index (χ1v) is 9.87. The van der Waals surface area contributed by atoms with Crippen molar-refractivity contribution in [1.29, 1.82) is 0 Å². The van der Waals surface area contributed by atoms with E-state index in [0.29, 0.717) is 35.7 Å². The lowest BCUT2D eigenvalue weighted by molar-refractivity contribution is 0.0895. The molecule has 1 amide bonds. The van der Waals surface area contributed by atoms with Crippen LogP contribution in [-0.4, -0.2) is 74.9 Å². The number of ether oxygens (including phenoxy) is 1. The molecule has 0 aromatic carbocycles. The van der Waals surface area contributed by atoms with Crippen LogP contribution in [0, 0.1) is 0 Å². The van der Waals surface area contributed by atoms with E-state index in [0.717, 1.165) is 24.9 Å². The number of aromatic nitrogens is 4. The van der Waals surface area contributed by atoms with Gasteiger partial charge in [-0.3, -0.25) is 9.69 Å². The van der Waals surface area contributed by atoms with Gasteiger partial charge in [0.25, 0.3) is 5.91 Å². The van der Waals surface area contributed by atoms with Gasteiger partial charge >= 0.3 is 0 Å². The van der Waals surface area contributed by atoms with Gasteiger partial charge in [-0.25, -0.2) is 14.5 Å². The zero-order valence-corrected chi connectivity index (χ0v) is 16.8. The molecule has 0 saturated carbocycles. The van der Waals surface area contributed by atoms with Crippen molar-refractivity contribution < 1.29 is 14.6 Å². The Morgan fingerprint density at radius 2 is 2.27 bits per heavy atom. The van der Waals surface area contributed by atoms with Gasteiger partial charge in [-0.15, -0.1) is 0 Å². The van der Waals surface area contributed by atoms with Crippen molar-refractivity contribution in [3.63, 3.8) is 0 Å². The molecule has 0 bridgehead atoms. The zero-order valence-electron chi connectivity index (χ0n) is 16.8. The fraction of sp³-hybridized carbons (Fsp3) is 0.400. The number of piperidine rings is 1. The maximum Gasteiger partial charge on any atom is 0.253 e. The number of anilines is 1. The molecule has 10 nitrogen and oxygen atoms in total. The van der Waals surface area contributed by atoms with Crippen molar-refractivity contribution in [1.82, 2.24) is 29.8 Å². The Morgan fingerprint density at radius 1 is 1.40 bits per heavy atom. The number of carbonyl (C=O) groups is 1. The Morgan fingerprint density at radius 3 is 3.07 bits per heavy atom. The SMILES string of the molecule is COc1cc(-c2cc(C(=O)N[C@@H]3CCCN(CCO)C3)c3c(N)ncnn23)ccn1. The number of hydrogen-bond donors (Lipinski definition) is 3. The van der Waals surface area contributed by atoms with Crippen molar-refractivity contribution in [3.8, 4) is 17.1 Å². The molecular formula is C20H25N7O3. The van der Waals surface area contributed by atoms with Crippen molar-refractivity contribution in [3.05, 3.63) is 36.3 Å². The Bertz CT molecular complexity index is 1050. The summed E-state index contributed by atoms with van der Waals surface area (Å²) in [5, 5.41) is 16.6. The molecule has 3 aromatic heterocycles. The first-order chi connectivity index (χ1) is 14.6. The summed E-state index contributed by atoms with van der Waals surface area (Å²) >= 11 is 0. The van der Waals surface area contributed by atoms with Crippen molar-refractivity contribution >= 4 is 17.2 Å². The molecule has 0 spiro atoms. The van der Waals surface area contributed by atoms with Crippen LogP contribution in [0.4, 0.5) is 5.82 Å². The Hall–Kier alpha value is -3.24. The summed E-state index contributed by atoms with van der Waals surface area (Å²) in [6.07, 6.45) is 4.85. The summed E-state index contributed by atoms with van der Waals surface area (Å²) in [5.41, 5.74) is 8.47. The van der Waals surface area contributed by atoms with Crippen LogP contribution in [0.5, 0.6) is 5.88 Å². The van der Waals surface area contributed by atoms with E-state index in [9.17, 15) is 9.90 Å². The minimum absolute atomic E-state index is 0.00285. The van der Waals surface area contributed by atoms with Crippen LogP contribution >= 0.6 is 0 Å². The number of likely N-dealkylation sites (tertiary alicyclic amines) is 1. The number of nitrogens with two attached hydrogens (primary N) is 1. The fourth-order valence-corrected chi connectivity index (χ4v) is 3.91. The molecule has 10 heteroatoms. The summed E-state index contributed by atoms with van der Waals surface area (Å²) in [4.78, 5) is 23.5. The van der Waals surface area contributed by atoms with E-state index < -0.39 is 0 Å². The average Bonchev–Trinajstić information content (AvgIpc) is 3.16. The second-order valence-corrected chi connectivity index (χ2v) is 7.27. The quantitative estimate of drug-likeness (QED) is 0.537. The number of aliphatic hydroxyl groups excluding tert-OH is 1. The number of nitrogens with zero attached hydrogens (tertiary/aromatic N) is 5. The topological polar surface area (TPSA) is 131 Å². The van der Waals surface area contributed by atoms with E-state index in [1.54, 1.807) is 30.0 Å². The number of nitrogen functional groups attached to an aromatic ring is 1. The van der Waals surface area contributed by atoms with Gasteiger partial charge in [0.2, 0.25) is 5.88 Å². The molecule has 158 valence electrons. The number of β-amino-alcohol motifs (C(OH)–C–C–N with tert-alkyl or cyclic N) is 1. The predicted molar refractivity (Wildman–Crippen MR) is 111 cm³/mol. The van der Waals surface area contributed by atoms with Gasteiger partial charge in [0.1, 0.15) is 11.8 Å². The minimum atomic E-state index is -0.225. The molecule has 0 radical (unpaired) electrons. The van der Waals surface area contributed by atoms with Gasteiger partial charge < -0.3 is 20.9 Å². The Labute approximate surface area is 173 Å². The number of fused-ring (bicyclic) bond motifs is 1. The third kappa shape index (κ3) is 3.91. The Balaban J connectivity index is 1.68. The minimum Gasteiger partial charge on any atom is -0.481 e. The molecule has 3 aromatic rings.